The van der Waals surface area contributed by atoms with E-state index in [-0.39, 0.29) is 5.25 Å². The van der Waals surface area contributed by atoms with Gasteiger partial charge in [0.1, 0.15) is 0 Å². The Morgan fingerprint density at radius 1 is 1.26 bits per heavy atom. The molecule has 0 spiro atoms. The lowest BCUT2D eigenvalue weighted by atomic mass is 10.3. The van der Waals surface area contributed by atoms with E-state index in [2.05, 4.69) is 17.0 Å². The van der Waals surface area contributed by atoms with Crippen LogP contribution in [0.2, 0.25) is 0 Å². The van der Waals surface area contributed by atoms with Crippen LogP contribution in [0.4, 0.5) is 5.69 Å². The van der Waals surface area contributed by atoms with E-state index < -0.39 is 10.0 Å². The number of thioether (sulfide) groups is 1. The van der Waals surface area contributed by atoms with Gasteiger partial charge in [0.15, 0.2) is 0 Å². The first-order chi connectivity index (χ1) is 8.99. The molecule has 6 heteroatoms. The van der Waals surface area contributed by atoms with Gasteiger partial charge in [0.05, 0.1) is 4.90 Å². The van der Waals surface area contributed by atoms with Gasteiger partial charge >= 0.3 is 0 Å². The number of sulfonamides is 1. The van der Waals surface area contributed by atoms with Gasteiger partial charge in [0.2, 0.25) is 10.0 Å². The number of nitrogens with one attached hydrogen (secondary N) is 2. The van der Waals surface area contributed by atoms with Crippen LogP contribution in [0, 0.1) is 0 Å². The molecule has 2 N–H and O–H groups in total. The highest BCUT2D eigenvalue weighted by Crippen LogP contribution is 2.14. The molecule has 0 radical (unpaired) electrons. The van der Waals surface area contributed by atoms with E-state index in [1.54, 1.807) is 36.0 Å². The van der Waals surface area contributed by atoms with Crippen molar-refractivity contribution in [2.75, 3.05) is 24.7 Å². The third-order valence-electron chi connectivity index (χ3n) is 2.71. The van der Waals surface area contributed by atoms with Crippen molar-refractivity contribution in [1.29, 1.82) is 0 Å². The van der Waals surface area contributed by atoms with Crippen LogP contribution in [-0.2, 0) is 10.0 Å². The number of hydrogen-bond donors (Lipinski definition) is 2. The minimum absolute atomic E-state index is 0.264. The summed E-state index contributed by atoms with van der Waals surface area (Å²) in [6.45, 7) is 5.41. The van der Waals surface area contributed by atoms with Crippen molar-refractivity contribution in [2.24, 2.45) is 0 Å². The maximum Gasteiger partial charge on any atom is 0.240 e. The molecule has 1 aromatic carbocycles. The van der Waals surface area contributed by atoms with Gasteiger partial charge in [-0.2, -0.15) is 11.8 Å². The van der Waals surface area contributed by atoms with Crippen LogP contribution in [0.3, 0.4) is 0 Å². The van der Waals surface area contributed by atoms with Crippen LogP contribution in [0.25, 0.3) is 0 Å². The lowest BCUT2D eigenvalue weighted by Gasteiger charge is -2.11. The maximum atomic E-state index is 12.0. The average molecular weight is 302 g/mol. The first kappa shape index (κ1) is 16.3. The van der Waals surface area contributed by atoms with Crippen molar-refractivity contribution in [3.8, 4) is 0 Å². The van der Waals surface area contributed by atoms with Gasteiger partial charge < -0.3 is 5.32 Å². The fraction of sp³-hybridized carbons (Fsp3) is 0.538. The van der Waals surface area contributed by atoms with Crippen molar-refractivity contribution < 1.29 is 8.42 Å². The molecule has 1 unspecified atom stereocenters. The summed E-state index contributed by atoms with van der Waals surface area (Å²) < 4.78 is 26.7. The zero-order chi connectivity index (χ0) is 14.3. The average Bonchev–Trinajstić information content (AvgIpc) is 2.43. The van der Waals surface area contributed by atoms with E-state index in [1.165, 1.54) is 0 Å². The topological polar surface area (TPSA) is 58.2 Å². The lowest BCUT2D eigenvalue weighted by molar-refractivity contribution is 0.581. The Hall–Kier alpha value is -0.720. The number of benzene rings is 1. The van der Waals surface area contributed by atoms with Crippen molar-refractivity contribution in [2.45, 2.75) is 30.4 Å². The Balaban J connectivity index is 2.68. The smallest absolute Gasteiger partial charge is 0.240 e. The van der Waals surface area contributed by atoms with Crippen LogP contribution in [0.15, 0.2) is 29.2 Å². The third kappa shape index (κ3) is 5.42. The minimum Gasteiger partial charge on any atom is -0.385 e. The fourth-order valence-corrected chi connectivity index (χ4v) is 2.90. The molecule has 1 atom stereocenters. The summed E-state index contributed by atoms with van der Waals surface area (Å²) in [7, 11) is -3.39. The highest BCUT2D eigenvalue weighted by molar-refractivity contribution is 7.99. The molecule has 19 heavy (non-hydrogen) atoms. The molecule has 108 valence electrons. The summed E-state index contributed by atoms with van der Waals surface area (Å²) >= 11 is 1.64. The Morgan fingerprint density at radius 2 is 1.89 bits per heavy atom. The van der Waals surface area contributed by atoms with E-state index in [0.29, 0.717) is 11.4 Å². The minimum atomic E-state index is -3.39. The van der Waals surface area contributed by atoms with Gasteiger partial charge in [0.25, 0.3) is 0 Å². The van der Waals surface area contributed by atoms with Crippen molar-refractivity contribution >= 4 is 27.5 Å². The number of rotatable bonds is 8. The van der Waals surface area contributed by atoms with Crippen LogP contribution in [0.5, 0.6) is 0 Å². The normalized spacial score (nSPS) is 13.2. The monoisotopic (exact) mass is 302 g/mol. The molecule has 0 saturated heterocycles. The van der Waals surface area contributed by atoms with Gasteiger partial charge in [0, 0.05) is 24.0 Å². The van der Waals surface area contributed by atoms with Crippen LogP contribution in [0.1, 0.15) is 20.3 Å². The second-order valence-corrected chi connectivity index (χ2v) is 7.39. The second kappa shape index (κ2) is 7.77. The number of hydrogen-bond acceptors (Lipinski definition) is 4. The molecule has 0 aliphatic rings. The predicted molar refractivity (Wildman–Crippen MR) is 83.4 cm³/mol. The van der Waals surface area contributed by atoms with E-state index in [9.17, 15) is 8.42 Å². The van der Waals surface area contributed by atoms with Crippen LogP contribution >= 0.6 is 11.8 Å². The van der Waals surface area contributed by atoms with Gasteiger partial charge in [-0.1, -0.05) is 13.8 Å². The molecule has 0 fully saturated rings. The van der Waals surface area contributed by atoms with Gasteiger partial charge in [-0.25, -0.2) is 13.1 Å². The molecule has 0 amide bonds. The second-order valence-electron chi connectivity index (χ2n) is 4.35. The summed E-state index contributed by atoms with van der Waals surface area (Å²) in [4.78, 5) is 0.308. The Labute approximate surface area is 120 Å². The predicted octanol–water partition coefficient (Wildman–Crippen LogP) is 2.54. The molecule has 0 saturated carbocycles. The molecule has 0 heterocycles. The largest absolute Gasteiger partial charge is 0.385 e. The summed E-state index contributed by atoms with van der Waals surface area (Å²) in [5, 5.41) is 3.48. The molecule has 0 aliphatic heterocycles. The summed E-state index contributed by atoms with van der Waals surface area (Å²) in [5.74, 6) is 0. The van der Waals surface area contributed by atoms with Crippen molar-refractivity contribution in [3.63, 3.8) is 0 Å². The van der Waals surface area contributed by atoms with E-state index in [0.717, 1.165) is 18.7 Å². The van der Waals surface area contributed by atoms with E-state index in [4.69, 9.17) is 0 Å². The van der Waals surface area contributed by atoms with Gasteiger partial charge in [-0.3, -0.25) is 0 Å². The molecule has 0 aliphatic carbocycles. The molecule has 0 aromatic heterocycles. The molecule has 4 nitrogen and oxygen atoms in total. The van der Waals surface area contributed by atoms with Crippen molar-refractivity contribution in [3.05, 3.63) is 24.3 Å². The zero-order valence-electron chi connectivity index (χ0n) is 11.6. The summed E-state index contributed by atoms with van der Waals surface area (Å²) in [5.41, 5.74) is 0.943. The lowest BCUT2D eigenvalue weighted by Crippen LogP contribution is -2.29. The van der Waals surface area contributed by atoms with E-state index >= 15 is 0 Å². The van der Waals surface area contributed by atoms with E-state index in [1.807, 2.05) is 13.2 Å². The summed E-state index contributed by atoms with van der Waals surface area (Å²) in [6, 6.07) is 6.85. The van der Waals surface area contributed by atoms with Crippen LogP contribution < -0.4 is 10.0 Å². The molecule has 1 rings (SSSR count). The number of anilines is 1. The van der Waals surface area contributed by atoms with Crippen molar-refractivity contribution in [1.82, 2.24) is 4.72 Å². The Bertz CT molecular complexity index is 472. The molecular formula is C13H22N2O2S2. The molecule has 1 aromatic rings. The van der Waals surface area contributed by atoms with Gasteiger partial charge in [-0.15, -0.1) is 0 Å². The summed E-state index contributed by atoms with van der Waals surface area (Å²) in [6.07, 6.45) is 3.00. The SMILES string of the molecule is CCCNc1ccc(S(=O)(=O)NCC(C)SC)cc1. The Morgan fingerprint density at radius 3 is 2.42 bits per heavy atom. The maximum absolute atomic E-state index is 12.0. The van der Waals surface area contributed by atoms with Gasteiger partial charge in [-0.05, 0) is 36.9 Å². The molecule has 0 bridgehead atoms. The fourth-order valence-electron chi connectivity index (χ4n) is 1.42. The third-order valence-corrected chi connectivity index (χ3v) is 5.12. The standard InChI is InChI=1S/C13H22N2O2S2/c1-4-9-14-12-5-7-13(8-6-12)19(16,17)15-10-11(2)18-3/h5-8,11,14-15H,4,9-10H2,1-3H3. The first-order valence-electron chi connectivity index (χ1n) is 6.36. The first-order valence-corrected chi connectivity index (χ1v) is 9.13. The highest BCUT2D eigenvalue weighted by Gasteiger charge is 2.14. The molecular weight excluding hydrogens is 280 g/mol. The zero-order valence-corrected chi connectivity index (χ0v) is 13.3. The highest BCUT2D eigenvalue weighted by atomic mass is 32.2. The Kier molecular flexibility index (Phi) is 6.68. The quantitative estimate of drug-likeness (QED) is 0.775. The van der Waals surface area contributed by atoms with Crippen LogP contribution in [-0.4, -0.2) is 33.0 Å².